The molecule has 0 saturated heterocycles. The van der Waals surface area contributed by atoms with Crippen molar-refractivity contribution in [3.63, 3.8) is 0 Å². The van der Waals surface area contributed by atoms with E-state index in [2.05, 4.69) is 22.2 Å². The number of rotatable bonds is 6. The van der Waals surface area contributed by atoms with Gasteiger partial charge in [-0.05, 0) is 80.5 Å². The number of benzene rings is 1. The highest BCUT2D eigenvalue weighted by atomic mass is 19.1. The Hall–Kier alpha value is -3.68. The van der Waals surface area contributed by atoms with E-state index in [0.29, 0.717) is 23.4 Å². The number of likely N-dealkylation sites (N-methyl/N-ethyl adjacent to an activating group) is 1. The Morgan fingerprint density at radius 1 is 1.38 bits per heavy atom. The van der Waals surface area contributed by atoms with E-state index >= 15 is 0 Å². The number of nitrogens with zero attached hydrogens (tertiary/aromatic N) is 1. The van der Waals surface area contributed by atoms with E-state index in [1.165, 1.54) is 28.7 Å². The second kappa shape index (κ2) is 9.29. The molecule has 0 bridgehead atoms. The van der Waals surface area contributed by atoms with Gasteiger partial charge in [0.1, 0.15) is 11.9 Å². The highest BCUT2D eigenvalue weighted by Gasteiger charge is 2.28. The molecule has 8 heteroatoms. The Morgan fingerprint density at radius 2 is 2.15 bits per heavy atom. The fourth-order valence-electron chi connectivity index (χ4n) is 4.64. The molecule has 0 spiro atoms. The molecule has 7 nitrogen and oxygen atoms in total. The van der Waals surface area contributed by atoms with Crippen LogP contribution in [0.2, 0.25) is 0 Å². The maximum Gasteiger partial charge on any atom is 0.256 e. The predicted molar refractivity (Wildman–Crippen MR) is 129 cm³/mol. The van der Waals surface area contributed by atoms with Crippen LogP contribution in [0.5, 0.6) is 0 Å². The average molecular weight is 465 g/mol. The summed E-state index contributed by atoms with van der Waals surface area (Å²) in [5.41, 5.74) is 5.86. The van der Waals surface area contributed by atoms with Crippen molar-refractivity contribution in [1.82, 2.24) is 15.2 Å². The van der Waals surface area contributed by atoms with E-state index in [1.54, 1.807) is 26.1 Å². The van der Waals surface area contributed by atoms with Gasteiger partial charge in [-0.25, -0.2) is 4.39 Å². The van der Waals surface area contributed by atoms with Gasteiger partial charge in [0.25, 0.3) is 5.91 Å². The summed E-state index contributed by atoms with van der Waals surface area (Å²) in [5.74, 6) is -0.873. The Labute approximate surface area is 198 Å². The average Bonchev–Trinajstić information content (AvgIpc) is 3.31. The summed E-state index contributed by atoms with van der Waals surface area (Å²) in [6.07, 6.45) is 5.54. The summed E-state index contributed by atoms with van der Waals surface area (Å²) >= 11 is 0. The van der Waals surface area contributed by atoms with Crippen LogP contribution in [0.4, 0.5) is 10.1 Å². The third-order valence-corrected chi connectivity index (χ3v) is 6.90. The monoisotopic (exact) mass is 464 g/mol. The molecule has 0 saturated carbocycles. The van der Waals surface area contributed by atoms with Crippen LogP contribution >= 0.6 is 0 Å². The molecule has 2 heterocycles. The van der Waals surface area contributed by atoms with Crippen molar-refractivity contribution in [2.75, 3.05) is 18.9 Å². The number of carbonyl (C=O) groups is 3. The molecular formula is C26H29FN4O3. The normalized spacial score (nSPS) is 18.6. The van der Waals surface area contributed by atoms with Crippen molar-refractivity contribution in [3.05, 3.63) is 64.7 Å². The Bertz CT molecular complexity index is 1210. The van der Waals surface area contributed by atoms with E-state index in [-0.39, 0.29) is 29.5 Å². The fraction of sp³-hybridized carbons (Fsp3) is 0.346. The van der Waals surface area contributed by atoms with Crippen molar-refractivity contribution in [2.24, 2.45) is 5.92 Å². The lowest BCUT2D eigenvalue weighted by Crippen LogP contribution is -2.46. The lowest BCUT2D eigenvalue weighted by molar-refractivity contribution is -0.135. The molecule has 2 aliphatic rings. The van der Waals surface area contributed by atoms with Crippen molar-refractivity contribution < 1.29 is 18.8 Å². The van der Waals surface area contributed by atoms with Crippen molar-refractivity contribution in [3.8, 4) is 0 Å². The van der Waals surface area contributed by atoms with Crippen molar-refractivity contribution in [1.29, 1.82) is 0 Å². The highest BCUT2D eigenvalue weighted by Crippen LogP contribution is 2.36. The van der Waals surface area contributed by atoms with Gasteiger partial charge in [-0.1, -0.05) is 6.58 Å². The van der Waals surface area contributed by atoms with Gasteiger partial charge in [0.05, 0.1) is 5.57 Å². The van der Waals surface area contributed by atoms with Gasteiger partial charge in [-0.2, -0.15) is 0 Å². The van der Waals surface area contributed by atoms with Crippen LogP contribution in [-0.2, 0) is 27.2 Å². The van der Waals surface area contributed by atoms with Crippen LogP contribution in [0.3, 0.4) is 0 Å². The minimum atomic E-state index is -0.583. The molecule has 1 aliphatic heterocycles. The smallest absolute Gasteiger partial charge is 0.256 e. The summed E-state index contributed by atoms with van der Waals surface area (Å²) < 4.78 is 13.8. The van der Waals surface area contributed by atoms with E-state index in [0.717, 1.165) is 36.2 Å². The largest absolute Gasteiger partial charge is 0.358 e. The molecular weight excluding hydrogens is 435 g/mol. The SMILES string of the molecule is C=CC(=O)N(C)C(C)C(=O)NCC1CCc2c([nH]c(C=C3C(=O)Nc4ccc(F)cc43)c2C)C1. The first kappa shape index (κ1) is 23.5. The Morgan fingerprint density at radius 3 is 2.88 bits per heavy atom. The number of carbonyl (C=O) groups excluding carboxylic acids is 3. The Balaban J connectivity index is 1.46. The lowest BCUT2D eigenvalue weighted by atomic mass is 9.86. The first-order chi connectivity index (χ1) is 16.2. The molecule has 4 rings (SSSR count). The zero-order valence-electron chi connectivity index (χ0n) is 19.6. The molecule has 2 aromatic rings. The molecule has 2 atom stereocenters. The summed E-state index contributed by atoms with van der Waals surface area (Å²) in [6.45, 7) is 7.68. The summed E-state index contributed by atoms with van der Waals surface area (Å²) in [5, 5.41) is 5.74. The maximum absolute atomic E-state index is 13.8. The lowest BCUT2D eigenvalue weighted by Gasteiger charge is -2.26. The number of anilines is 1. The number of aromatic amines is 1. The van der Waals surface area contributed by atoms with Crippen LogP contribution in [-0.4, -0.2) is 47.2 Å². The van der Waals surface area contributed by atoms with Gasteiger partial charge in [-0.3, -0.25) is 14.4 Å². The standard InChI is InChI=1S/C26H29FN4O3/c1-5-24(32)31(4)15(3)25(33)28-13-16-6-8-18-14(2)22(29-23(18)10-16)12-20-19-11-17(27)7-9-21(19)30-26(20)34/h5,7,9,11-12,15-16,29H,1,6,8,10,13H2,2-4H3,(H,28,33)(H,30,34). The summed E-state index contributed by atoms with van der Waals surface area (Å²) in [7, 11) is 1.58. The molecule has 0 radical (unpaired) electrons. The molecule has 178 valence electrons. The molecule has 2 unspecified atom stereocenters. The van der Waals surface area contributed by atoms with Crippen LogP contribution in [0.1, 0.15) is 41.4 Å². The minimum absolute atomic E-state index is 0.199. The minimum Gasteiger partial charge on any atom is -0.358 e. The first-order valence-electron chi connectivity index (χ1n) is 11.4. The number of amides is 3. The quantitative estimate of drug-likeness (QED) is 0.573. The molecule has 0 fully saturated rings. The number of H-pyrrole nitrogens is 1. The number of hydrogen-bond acceptors (Lipinski definition) is 3. The van der Waals surface area contributed by atoms with Gasteiger partial charge in [0.2, 0.25) is 11.8 Å². The van der Waals surface area contributed by atoms with Gasteiger partial charge < -0.3 is 20.5 Å². The third-order valence-electron chi connectivity index (χ3n) is 6.90. The predicted octanol–water partition coefficient (Wildman–Crippen LogP) is 3.21. The molecule has 1 aromatic carbocycles. The number of nitrogens with one attached hydrogen (secondary N) is 3. The van der Waals surface area contributed by atoms with E-state index in [1.807, 2.05) is 6.92 Å². The number of aromatic nitrogens is 1. The van der Waals surface area contributed by atoms with Gasteiger partial charge in [0.15, 0.2) is 0 Å². The topological polar surface area (TPSA) is 94.3 Å². The van der Waals surface area contributed by atoms with Gasteiger partial charge in [0, 0.05) is 36.2 Å². The maximum atomic E-state index is 13.8. The number of halogens is 1. The second-order valence-electron chi connectivity index (χ2n) is 9.01. The zero-order chi connectivity index (χ0) is 24.6. The zero-order valence-corrected chi connectivity index (χ0v) is 19.6. The number of fused-ring (bicyclic) bond motifs is 2. The van der Waals surface area contributed by atoms with Crippen LogP contribution in [0.25, 0.3) is 11.6 Å². The van der Waals surface area contributed by atoms with Crippen molar-refractivity contribution in [2.45, 2.75) is 39.2 Å². The fourth-order valence-corrected chi connectivity index (χ4v) is 4.64. The summed E-state index contributed by atoms with van der Waals surface area (Å²) in [6, 6.07) is 3.69. The molecule has 3 amide bonds. The third kappa shape index (κ3) is 4.40. The van der Waals surface area contributed by atoms with Crippen LogP contribution in [0.15, 0.2) is 30.9 Å². The first-order valence-corrected chi connectivity index (χ1v) is 11.4. The Kier molecular flexibility index (Phi) is 6.41. The van der Waals surface area contributed by atoms with Crippen LogP contribution in [0, 0.1) is 18.7 Å². The van der Waals surface area contributed by atoms with E-state index in [4.69, 9.17) is 0 Å². The molecule has 3 N–H and O–H groups in total. The van der Waals surface area contributed by atoms with E-state index in [9.17, 15) is 18.8 Å². The van der Waals surface area contributed by atoms with Gasteiger partial charge >= 0.3 is 0 Å². The van der Waals surface area contributed by atoms with E-state index < -0.39 is 6.04 Å². The second-order valence-corrected chi connectivity index (χ2v) is 9.01. The molecule has 34 heavy (non-hydrogen) atoms. The molecule has 1 aliphatic carbocycles. The number of hydrogen-bond donors (Lipinski definition) is 3. The summed E-state index contributed by atoms with van der Waals surface area (Å²) in [4.78, 5) is 41.5. The highest BCUT2D eigenvalue weighted by molar-refractivity contribution is 6.34. The van der Waals surface area contributed by atoms with Crippen LogP contribution < -0.4 is 10.6 Å². The molecule has 1 aromatic heterocycles. The van der Waals surface area contributed by atoms with Crippen molar-refractivity contribution >= 4 is 35.1 Å². The van der Waals surface area contributed by atoms with Gasteiger partial charge in [-0.15, -0.1) is 0 Å².